The molecule has 2 heterocycles. The number of nitrogens with one attached hydrogen (secondary N) is 1. The molecule has 3 atom stereocenters. The summed E-state index contributed by atoms with van der Waals surface area (Å²) in [5.74, 6) is -0.860. The van der Waals surface area contributed by atoms with Gasteiger partial charge in [-0.1, -0.05) is 44.5 Å². The summed E-state index contributed by atoms with van der Waals surface area (Å²) >= 11 is 6.24. The molecule has 2 N–H and O–H groups in total. The number of nitriles is 1. The van der Waals surface area contributed by atoms with E-state index in [2.05, 4.69) is 11.4 Å². The number of hydrogen-bond donors (Lipinski definition) is 2. The van der Waals surface area contributed by atoms with Crippen molar-refractivity contribution in [3.63, 3.8) is 0 Å². The van der Waals surface area contributed by atoms with Gasteiger partial charge in [0.05, 0.1) is 27.3 Å². The molecule has 1 aromatic carbocycles. The third kappa shape index (κ3) is 5.28. The van der Waals surface area contributed by atoms with Crippen LogP contribution in [0.3, 0.4) is 0 Å². The fourth-order valence-corrected chi connectivity index (χ4v) is 8.47. The topological polar surface area (TPSA) is 151 Å². The summed E-state index contributed by atoms with van der Waals surface area (Å²) < 4.78 is 27.4. The smallest absolute Gasteiger partial charge is 0.407 e. The molecule has 0 spiro atoms. The maximum atomic E-state index is 14.3. The summed E-state index contributed by atoms with van der Waals surface area (Å²) in [4.78, 5) is 44.6. The van der Waals surface area contributed by atoms with Crippen molar-refractivity contribution in [3.05, 3.63) is 29.3 Å². The van der Waals surface area contributed by atoms with Crippen molar-refractivity contribution in [2.75, 3.05) is 26.2 Å². The number of sulfone groups is 1. The Morgan fingerprint density at radius 2 is 1.73 bits per heavy atom. The number of hydrogen-bond acceptors (Lipinski definition) is 7. The van der Waals surface area contributed by atoms with E-state index in [0.717, 1.165) is 0 Å². The van der Waals surface area contributed by atoms with E-state index >= 15 is 0 Å². The van der Waals surface area contributed by atoms with E-state index in [4.69, 9.17) is 11.6 Å². The monoisotopic (exact) mass is 605 g/mol. The van der Waals surface area contributed by atoms with Gasteiger partial charge in [0.25, 0.3) is 0 Å². The number of nitrogens with zero attached hydrogens (tertiary/aromatic N) is 4. The van der Waals surface area contributed by atoms with Crippen LogP contribution in [0, 0.1) is 16.7 Å². The lowest BCUT2D eigenvalue weighted by Gasteiger charge is -2.48. The number of carbonyl (C=O) groups is 3. The second-order valence-electron chi connectivity index (χ2n) is 12.8. The summed E-state index contributed by atoms with van der Waals surface area (Å²) in [6.07, 6.45) is 0.957. The van der Waals surface area contributed by atoms with Gasteiger partial charge in [0, 0.05) is 26.2 Å². The molecule has 222 valence electrons. The summed E-state index contributed by atoms with van der Waals surface area (Å²) in [7, 11) is -3.99. The molecule has 2 aliphatic carbocycles. The number of carboxylic acid groups (broad SMARTS) is 1. The molecule has 3 amide bonds. The first kappa shape index (κ1) is 29.6. The van der Waals surface area contributed by atoms with Crippen molar-refractivity contribution in [1.82, 2.24) is 20.0 Å². The highest BCUT2D eigenvalue weighted by Crippen LogP contribution is 2.47. The Kier molecular flexibility index (Phi) is 7.32. The van der Waals surface area contributed by atoms with E-state index in [0.29, 0.717) is 38.8 Å². The van der Waals surface area contributed by atoms with Crippen LogP contribution in [-0.4, -0.2) is 101 Å². The van der Waals surface area contributed by atoms with E-state index in [1.165, 1.54) is 21.9 Å². The SMILES string of the molecule is CC(C)(C)C1CN(C2(C(=O)N3C[C@H](S(=O)(=O)c4ccccc4Cl)C[C@H]3C(=O)NC3(C#N)CC3)CC2)CCN1C(=O)O. The Bertz CT molecular complexity index is 1410. The van der Waals surface area contributed by atoms with Crippen molar-refractivity contribution in [2.24, 2.45) is 5.41 Å². The molecule has 4 fully saturated rings. The average molecular weight is 606 g/mol. The molecule has 0 aromatic heterocycles. The normalized spacial score (nSPS) is 27.1. The molecule has 2 saturated heterocycles. The summed E-state index contributed by atoms with van der Waals surface area (Å²) in [5, 5.41) is 21.1. The minimum atomic E-state index is -3.99. The Hall–Kier alpha value is -2.88. The molecule has 13 heteroatoms. The lowest BCUT2D eigenvalue weighted by atomic mass is 9.83. The van der Waals surface area contributed by atoms with Gasteiger partial charge in [-0.3, -0.25) is 14.5 Å². The fraction of sp³-hybridized carbons (Fsp3) is 0.643. The van der Waals surface area contributed by atoms with Gasteiger partial charge in [-0.15, -0.1) is 0 Å². The van der Waals surface area contributed by atoms with Crippen molar-refractivity contribution in [3.8, 4) is 6.07 Å². The zero-order valence-corrected chi connectivity index (χ0v) is 25.0. The lowest BCUT2D eigenvalue weighted by Crippen LogP contribution is -2.65. The molecule has 0 radical (unpaired) electrons. The second-order valence-corrected chi connectivity index (χ2v) is 15.4. The van der Waals surface area contributed by atoms with Crippen LogP contribution >= 0.6 is 11.6 Å². The first-order chi connectivity index (χ1) is 19.1. The van der Waals surface area contributed by atoms with Crippen LogP contribution in [0.2, 0.25) is 5.02 Å². The Morgan fingerprint density at radius 1 is 1.07 bits per heavy atom. The Balaban J connectivity index is 1.44. The largest absolute Gasteiger partial charge is 0.465 e. The predicted octanol–water partition coefficient (Wildman–Crippen LogP) is 2.50. The minimum Gasteiger partial charge on any atom is -0.465 e. The zero-order chi connectivity index (χ0) is 30.0. The second kappa shape index (κ2) is 10.1. The van der Waals surface area contributed by atoms with Crippen molar-refractivity contribution in [2.45, 2.75) is 86.2 Å². The molecule has 4 aliphatic rings. The minimum absolute atomic E-state index is 0.0465. The molecule has 41 heavy (non-hydrogen) atoms. The number of carbonyl (C=O) groups excluding carboxylic acids is 2. The van der Waals surface area contributed by atoms with E-state index < -0.39 is 44.2 Å². The maximum Gasteiger partial charge on any atom is 0.407 e. The van der Waals surface area contributed by atoms with E-state index in [1.54, 1.807) is 12.1 Å². The number of benzene rings is 1. The Morgan fingerprint density at radius 3 is 2.27 bits per heavy atom. The maximum absolute atomic E-state index is 14.3. The van der Waals surface area contributed by atoms with Gasteiger partial charge in [0.15, 0.2) is 9.84 Å². The number of likely N-dealkylation sites (tertiary alicyclic amines) is 1. The molecule has 2 aliphatic heterocycles. The van der Waals surface area contributed by atoms with Crippen LogP contribution in [0.25, 0.3) is 0 Å². The first-order valence-electron chi connectivity index (χ1n) is 13.9. The van der Waals surface area contributed by atoms with Gasteiger partial charge < -0.3 is 20.2 Å². The average Bonchev–Trinajstić information content (AvgIpc) is 3.84. The quantitative estimate of drug-likeness (QED) is 0.502. The van der Waals surface area contributed by atoms with Gasteiger partial charge in [0.2, 0.25) is 11.8 Å². The molecule has 5 rings (SSSR count). The highest BCUT2D eigenvalue weighted by atomic mass is 35.5. The number of halogens is 1. The highest BCUT2D eigenvalue weighted by Gasteiger charge is 2.61. The highest BCUT2D eigenvalue weighted by molar-refractivity contribution is 7.92. The third-order valence-corrected chi connectivity index (χ3v) is 11.7. The summed E-state index contributed by atoms with van der Waals surface area (Å²) in [5.41, 5.74) is -2.28. The zero-order valence-electron chi connectivity index (χ0n) is 23.5. The van der Waals surface area contributed by atoms with Crippen LogP contribution in [0.4, 0.5) is 4.79 Å². The molecule has 1 unspecified atom stereocenters. The van der Waals surface area contributed by atoms with E-state index in [9.17, 15) is 33.2 Å². The van der Waals surface area contributed by atoms with E-state index in [1.807, 2.05) is 25.7 Å². The van der Waals surface area contributed by atoms with Crippen LogP contribution in [-0.2, 0) is 19.4 Å². The van der Waals surface area contributed by atoms with Gasteiger partial charge >= 0.3 is 6.09 Å². The van der Waals surface area contributed by atoms with Crippen LogP contribution in [0.15, 0.2) is 29.2 Å². The molecular weight excluding hydrogens is 570 g/mol. The molecule has 1 aromatic rings. The predicted molar refractivity (Wildman–Crippen MR) is 150 cm³/mol. The standard InChI is InChI=1S/C28H36ClN5O6S/c1-26(2,3)22-16-32(12-13-33(22)25(37)38)28(10-11-28)24(36)34-15-18(41(39,40)21-7-5-4-6-19(21)29)14-20(34)23(35)31-27(17-30)8-9-27/h4-7,18,20,22H,8-16H2,1-3H3,(H,31,35)(H,37,38)/t18-,20+,22?/m1/s1. The van der Waals surface area contributed by atoms with Gasteiger partial charge in [-0.05, 0) is 49.7 Å². The number of piperazine rings is 1. The molecule has 2 saturated carbocycles. The molecular formula is C28H36ClN5O6S. The fourth-order valence-electron chi connectivity index (χ4n) is 6.25. The summed E-state index contributed by atoms with van der Waals surface area (Å²) in [6.45, 7) is 6.67. The van der Waals surface area contributed by atoms with Gasteiger partial charge in [0.1, 0.15) is 17.1 Å². The van der Waals surface area contributed by atoms with Crippen LogP contribution < -0.4 is 5.32 Å². The Labute approximate surface area is 245 Å². The van der Waals surface area contributed by atoms with Crippen LogP contribution in [0.1, 0.15) is 52.9 Å². The molecule has 11 nitrogen and oxygen atoms in total. The number of amides is 3. The number of rotatable bonds is 6. The van der Waals surface area contributed by atoms with Crippen molar-refractivity contribution < 1.29 is 27.9 Å². The van der Waals surface area contributed by atoms with E-state index in [-0.39, 0.29) is 46.8 Å². The first-order valence-corrected chi connectivity index (χ1v) is 15.9. The third-order valence-electron chi connectivity index (χ3n) is 9.09. The van der Waals surface area contributed by atoms with Gasteiger partial charge in [-0.25, -0.2) is 13.2 Å². The molecule has 0 bridgehead atoms. The lowest BCUT2D eigenvalue weighted by molar-refractivity contribution is -0.145. The van der Waals surface area contributed by atoms with Crippen molar-refractivity contribution in [1.29, 1.82) is 5.26 Å². The summed E-state index contributed by atoms with van der Waals surface area (Å²) in [6, 6.07) is 6.82. The van der Waals surface area contributed by atoms with Crippen molar-refractivity contribution >= 4 is 39.3 Å². The van der Waals surface area contributed by atoms with Crippen LogP contribution in [0.5, 0.6) is 0 Å². The van der Waals surface area contributed by atoms with Gasteiger partial charge in [-0.2, -0.15) is 5.26 Å².